The van der Waals surface area contributed by atoms with Gasteiger partial charge in [-0.25, -0.2) is 4.39 Å². The minimum atomic E-state index is -3.30. The van der Waals surface area contributed by atoms with Crippen LogP contribution in [0.2, 0.25) is 0 Å². The summed E-state index contributed by atoms with van der Waals surface area (Å²) in [4.78, 5) is 0. The molecular weight excluding hydrogens is 128 g/mol. The summed E-state index contributed by atoms with van der Waals surface area (Å²) in [5.41, 5.74) is 0. The second-order valence-corrected chi connectivity index (χ2v) is 0.792. The van der Waals surface area contributed by atoms with Crippen LogP contribution in [0.3, 0.4) is 0 Å². The molecule has 8 heavy (non-hydrogen) atoms. The predicted octanol–water partition coefficient (Wildman–Crippen LogP) is 1.96. The van der Waals surface area contributed by atoms with Gasteiger partial charge in [-0.2, -0.15) is 13.2 Å². The molecule has 0 rings (SSSR count). The van der Waals surface area contributed by atoms with Gasteiger partial charge in [-0.1, -0.05) is 0 Å². The van der Waals surface area contributed by atoms with Crippen molar-refractivity contribution in [1.82, 2.24) is 0 Å². The van der Waals surface area contributed by atoms with Crippen molar-refractivity contribution in [2.45, 2.75) is 6.61 Å². The van der Waals surface area contributed by atoms with Crippen molar-refractivity contribution >= 4 is 0 Å². The maximum atomic E-state index is 11.2. The number of halogens is 4. The lowest BCUT2D eigenvalue weighted by Crippen LogP contribution is -1.93. The van der Waals surface area contributed by atoms with Gasteiger partial charge in [-0.15, -0.1) is 0 Å². The Morgan fingerprint density at radius 2 is 2.00 bits per heavy atom. The van der Waals surface area contributed by atoms with Crippen LogP contribution in [0.5, 0.6) is 0 Å². The third-order valence-electron chi connectivity index (χ3n) is 0.287. The summed E-state index contributed by atoms with van der Waals surface area (Å²) in [6.45, 7) is -3.30. The van der Waals surface area contributed by atoms with Crippen LogP contribution in [-0.4, -0.2) is 6.61 Å². The molecule has 0 aromatic heterocycles. The Morgan fingerprint density at radius 1 is 1.50 bits per heavy atom. The molecule has 0 atom stereocenters. The number of hydrogen-bond acceptors (Lipinski definition) is 1. The number of hydrogen-bond donors (Lipinski definition) is 0. The van der Waals surface area contributed by atoms with Crippen LogP contribution in [0.15, 0.2) is 12.3 Å². The van der Waals surface area contributed by atoms with E-state index in [9.17, 15) is 17.6 Å². The van der Waals surface area contributed by atoms with E-state index >= 15 is 0 Å². The Hall–Kier alpha value is -0.740. The van der Waals surface area contributed by atoms with Crippen molar-refractivity contribution in [3.8, 4) is 0 Å². The van der Waals surface area contributed by atoms with Crippen LogP contribution in [0, 0.1) is 0 Å². The fourth-order valence-corrected chi connectivity index (χ4v) is 0.111. The molecule has 0 unspecified atom stereocenters. The van der Waals surface area contributed by atoms with Gasteiger partial charge in [-0.05, 0) is 0 Å². The molecule has 0 N–H and O–H groups in total. The molecule has 0 bridgehead atoms. The van der Waals surface area contributed by atoms with E-state index in [1.54, 1.807) is 0 Å². The maximum absolute atomic E-state index is 11.2. The first kappa shape index (κ1) is 7.26. The molecular formula is C3H2F4O. The first-order chi connectivity index (χ1) is 3.66. The molecule has 1 nitrogen and oxygen atoms in total. The fourth-order valence-electron chi connectivity index (χ4n) is 0.111. The van der Waals surface area contributed by atoms with Crippen LogP contribution in [0.4, 0.5) is 17.6 Å². The zero-order chi connectivity index (χ0) is 6.57. The summed E-state index contributed by atoms with van der Waals surface area (Å²) in [6, 6.07) is -1.92. The molecule has 0 amide bonds. The van der Waals surface area contributed by atoms with Crippen molar-refractivity contribution in [2.75, 3.05) is 0 Å². The van der Waals surface area contributed by atoms with Gasteiger partial charge in [0.2, 0.25) is 0 Å². The molecule has 0 fully saturated rings. The zero-order valence-corrected chi connectivity index (χ0v) is 3.57. The van der Waals surface area contributed by atoms with Gasteiger partial charge in [0, 0.05) is 0 Å². The number of alkyl halides is 2. The normalized spacial score (nSPS) is 12.4. The van der Waals surface area contributed by atoms with Gasteiger partial charge >= 0.3 is 12.6 Å². The number of rotatable bonds is 2. The van der Waals surface area contributed by atoms with Crippen molar-refractivity contribution in [1.29, 1.82) is 0 Å². The lowest BCUT2D eigenvalue weighted by atomic mass is 11.0. The Morgan fingerprint density at radius 3 is 2.12 bits per heavy atom. The molecule has 0 aliphatic rings. The van der Waals surface area contributed by atoms with Gasteiger partial charge in [0.15, 0.2) is 6.33 Å². The van der Waals surface area contributed by atoms with Crippen molar-refractivity contribution < 1.29 is 22.3 Å². The van der Waals surface area contributed by atoms with Gasteiger partial charge in [0.05, 0.1) is 0 Å². The van der Waals surface area contributed by atoms with E-state index in [1.165, 1.54) is 0 Å². The smallest absolute Gasteiger partial charge is 0.389 e. The molecule has 0 saturated carbocycles. The average Bonchev–Trinajstić information content (AvgIpc) is 1.65. The molecule has 0 saturated heterocycles. The van der Waals surface area contributed by atoms with Gasteiger partial charge in [0.1, 0.15) is 0 Å². The highest BCUT2D eigenvalue weighted by Crippen LogP contribution is 2.05. The second-order valence-electron chi connectivity index (χ2n) is 0.792. The Labute approximate surface area is 42.6 Å². The Balaban J connectivity index is 3.39. The quantitative estimate of drug-likeness (QED) is 0.410. The van der Waals surface area contributed by atoms with E-state index in [1.807, 2.05) is 0 Å². The van der Waals surface area contributed by atoms with Gasteiger partial charge in [0.25, 0.3) is 0 Å². The fraction of sp³-hybridized carbons (Fsp3) is 0.333. The monoisotopic (exact) mass is 130 g/mol. The van der Waals surface area contributed by atoms with E-state index in [0.717, 1.165) is 0 Å². The van der Waals surface area contributed by atoms with E-state index in [-0.39, 0.29) is 0 Å². The summed E-state index contributed by atoms with van der Waals surface area (Å²) in [5, 5.41) is 0. The molecule has 0 aliphatic carbocycles. The molecule has 5 heteroatoms. The number of ether oxygens (including phenoxy) is 1. The van der Waals surface area contributed by atoms with Crippen LogP contribution in [0.1, 0.15) is 0 Å². The van der Waals surface area contributed by atoms with Crippen LogP contribution < -0.4 is 0 Å². The highest BCUT2D eigenvalue weighted by Gasteiger charge is 2.04. The van der Waals surface area contributed by atoms with Crippen LogP contribution in [0.25, 0.3) is 0 Å². The second kappa shape index (κ2) is 3.29. The molecule has 0 aromatic carbocycles. The topological polar surface area (TPSA) is 9.23 Å². The lowest BCUT2D eigenvalue weighted by Gasteiger charge is -1.95. The maximum Gasteiger partial charge on any atom is 0.389 e. The van der Waals surface area contributed by atoms with Gasteiger partial charge in [-0.3, -0.25) is 0 Å². The minimum Gasteiger partial charge on any atom is -0.407 e. The summed E-state index contributed by atoms with van der Waals surface area (Å²) >= 11 is 0. The largest absolute Gasteiger partial charge is 0.407 e. The van der Waals surface area contributed by atoms with E-state index < -0.39 is 19.0 Å². The summed E-state index contributed by atoms with van der Waals surface area (Å²) in [6.07, 6.45) is -0.688. The first-order valence-electron chi connectivity index (χ1n) is 1.57. The summed E-state index contributed by atoms with van der Waals surface area (Å²) in [5.74, 6) is 0. The minimum absolute atomic E-state index is 0.688. The summed E-state index contributed by atoms with van der Waals surface area (Å²) in [7, 11) is 0. The molecule has 0 heterocycles. The zero-order valence-electron chi connectivity index (χ0n) is 3.57. The van der Waals surface area contributed by atoms with E-state index in [0.29, 0.717) is 0 Å². The van der Waals surface area contributed by atoms with E-state index in [2.05, 4.69) is 4.74 Å². The predicted molar refractivity (Wildman–Crippen MR) is 17.4 cm³/mol. The van der Waals surface area contributed by atoms with Crippen LogP contribution in [-0.2, 0) is 4.74 Å². The molecule has 0 spiro atoms. The Bertz CT molecular complexity index is 89.3. The van der Waals surface area contributed by atoms with Crippen molar-refractivity contribution in [3.63, 3.8) is 0 Å². The SMILES string of the molecule is F/C=C(\F)OC(F)F. The van der Waals surface area contributed by atoms with Crippen molar-refractivity contribution in [2.24, 2.45) is 0 Å². The lowest BCUT2D eigenvalue weighted by molar-refractivity contribution is -0.116. The molecule has 0 aromatic rings. The van der Waals surface area contributed by atoms with Gasteiger partial charge < -0.3 is 4.74 Å². The van der Waals surface area contributed by atoms with Crippen LogP contribution >= 0.6 is 0 Å². The van der Waals surface area contributed by atoms with E-state index in [4.69, 9.17) is 0 Å². The molecule has 0 aliphatic heterocycles. The average molecular weight is 130 g/mol. The standard InChI is InChI=1S/C3H2F4O/c4-1-2(5)8-3(6)7/h1,3H/b2-1+. The third-order valence-corrected chi connectivity index (χ3v) is 0.287. The highest BCUT2D eigenvalue weighted by atomic mass is 19.3. The molecule has 48 valence electrons. The highest BCUT2D eigenvalue weighted by molar-refractivity contribution is 4.69. The molecule has 0 radical (unpaired) electrons. The third kappa shape index (κ3) is 3.45. The van der Waals surface area contributed by atoms with Crippen molar-refractivity contribution in [3.05, 3.63) is 12.3 Å². The summed E-state index contributed by atoms with van der Waals surface area (Å²) < 4.78 is 46.4. The Kier molecular flexibility index (Phi) is 2.98. The first-order valence-corrected chi connectivity index (χ1v) is 1.57.